The molecule has 3 rings (SSSR count). The lowest BCUT2D eigenvalue weighted by atomic mass is 9.89. The average molecular weight is 450 g/mol. The Balaban J connectivity index is 1.84. The number of aromatic nitrogens is 1. The largest absolute Gasteiger partial charge is 0.379 e. The van der Waals surface area contributed by atoms with Crippen LogP contribution in [0.1, 0.15) is 30.7 Å². The van der Waals surface area contributed by atoms with Crippen molar-refractivity contribution in [1.29, 1.82) is 0 Å². The lowest BCUT2D eigenvalue weighted by Crippen LogP contribution is -2.45. The zero-order valence-corrected chi connectivity index (χ0v) is 18.0. The van der Waals surface area contributed by atoms with Gasteiger partial charge in [-0.05, 0) is 39.1 Å². The van der Waals surface area contributed by atoms with Crippen LogP contribution in [-0.4, -0.2) is 44.5 Å². The van der Waals surface area contributed by atoms with Gasteiger partial charge in [-0.15, -0.1) is 0 Å². The van der Waals surface area contributed by atoms with Gasteiger partial charge in [0.05, 0.1) is 16.9 Å². The smallest absolute Gasteiger partial charge is 0.196 e. The average Bonchev–Trinajstić information content (AvgIpc) is 3.02. The van der Waals surface area contributed by atoms with Crippen molar-refractivity contribution in [1.82, 2.24) is 9.88 Å². The molecule has 1 fully saturated rings. The monoisotopic (exact) mass is 449 g/mol. The highest BCUT2D eigenvalue weighted by Gasteiger charge is 2.28. The molecule has 1 aliphatic carbocycles. The summed E-state index contributed by atoms with van der Waals surface area (Å²) in [5, 5.41) is 2.89. The minimum atomic E-state index is -4.04. The maximum Gasteiger partial charge on any atom is 0.196 e. The van der Waals surface area contributed by atoms with Crippen molar-refractivity contribution in [2.24, 2.45) is 0 Å². The molecule has 5 nitrogen and oxygen atoms in total. The summed E-state index contributed by atoms with van der Waals surface area (Å²) in [4.78, 5) is 5.31. The third-order valence-corrected chi connectivity index (χ3v) is 7.85. The summed E-state index contributed by atoms with van der Waals surface area (Å²) >= 11 is 6.90. The van der Waals surface area contributed by atoms with Crippen molar-refractivity contribution in [2.75, 3.05) is 19.4 Å². The molecular weight excluding hydrogens is 428 g/mol. The molecule has 0 saturated heterocycles. The summed E-state index contributed by atoms with van der Waals surface area (Å²) in [6, 6.07) is 2.63. The van der Waals surface area contributed by atoms with E-state index in [2.05, 4.69) is 15.2 Å². The summed E-state index contributed by atoms with van der Waals surface area (Å²) in [7, 11) is -0.0335. The first-order valence-corrected chi connectivity index (χ1v) is 11.8. The number of thiazole rings is 1. The van der Waals surface area contributed by atoms with Crippen LogP contribution in [0.2, 0.25) is 5.02 Å². The first kappa shape index (κ1) is 21.4. The van der Waals surface area contributed by atoms with Gasteiger partial charge in [0.25, 0.3) is 0 Å². The second-order valence-corrected chi connectivity index (χ2v) is 10.6. The second-order valence-electron chi connectivity index (χ2n) is 7.15. The molecule has 0 amide bonds. The summed E-state index contributed by atoms with van der Waals surface area (Å²) < 4.78 is 52.8. The molecule has 10 heteroatoms. The van der Waals surface area contributed by atoms with Crippen LogP contribution in [0.15, 0.2) is 23.2 Å². The second kappa shape index (κ2) is 8.61. The Bertz CT molecular complexity index is 950. The third-order valence-electron chi connectivity index (χ3n) is 4.93. The van der Waals surface area contributed by atoms with Crippen LogP contribution >= 0.6 is 22.9 Å². The molecule has 1 heterocycles. The summed E-state index contributed by atoms with van der Waals surface area (Å²) in [6.07, 6.45) is 5.10. The Hall–Kier alpha value is -1.29. The van der Waals surface area contributed by atoms with E-state index >= 15 is 0 Å². The van der Waals surface area contributed by atoms with Crippen LogP contribution in [-0.2, 0) is 15.6 Å². The molecule has 0 unspecified atom stereocenters. The molecule has 2 aromatic rings. The normalized spacial score (nSPS) is 20.5. The van der Waals surface area contributed by atoms with E-state index in [1.54, 1.807) is 0 Å². The number of sulfone groups is 1. The van der Waals surface area contributed by atoms with Gasteiger partial charge in [-0.2, -0.15) is 4.39 Å². The molecule has 1 N–H and O–H groups in total. The van der Waals surface area contributed by atoms with Gasteiger partial charge in [-0.3, -0.25) is 0 Å². The fourth-order valence-corrected chi connectivity index (χ4v) is 6.20. The minimum Gasteiger partial charge on any atom is -0.379 e. The van der Waals surface area contributed by atoms with Crippen molar-refractivity contribution in [2.45, 2.75) is 48.4 Å². The molecule has 28 heavy (non-hydrogen) atoms. The van der Waals surface area contributed by atoms with E-state index in [9.17, 15) is 17.2 Å². The fourth-order valence-electron chi connectivity index (χ4n) is 3.57. The summed E-state index contributed by atoms with van der Waals surface area (Å²) in [6.45, 7) is 0. The highest BCUT2D eigenvalue weighted by Crippen LogP contribution is 2.33. The van der Waals surface area contributed by atoms with Crippen LogP contribution in [0.4, 0.5) is 14.5 Å². The molecule has 1 aliphatic rings. The number of benzene rings is 1. The summed E-state index contributed by atoms with van der Waals surface area (Å²) in [5.74, 6) is -1.46. The zero-order chi connectivity index (χ0) is 20.5. The van der Waals surface area contributed by atoms with Crippen LogP contribution < -0.4 is 5.32 Å². The van der Waals surface area contributed by atoms with Crippen LogP contribution in [0.5, 0.6) is 0 Å². The van der Waals surface area contributed by atoms with E-state index in [1.807, 2.05) is 14.1 Å². The summed E-state index contributed by atoms with van der Waals surface area (Å²) in [5.41, 5.74) is 0.372. The molecule has 0 bridgehead atoms. The number of hydrogen-bond donors (Lipinski definition) is 1. The van der Waals surface area contributed by atoms with Gasteiger partial charge >= 0.3 is 0 Å². The number of anilines is 1. The fraction of sp³-hybridized carbons (Fsp3) is 0.500. The number of likely N-dealkylation sites (N-methyl/N-ethyl adjacent to an activating group) is 1. The van der Waals surface area contributed by atoms with Crippen molar-refractivity contribution in [3.8, 4) is 0 Å². The lowest BCUT2D eigenvalue weighted by molar-refractivity contribution is 0.211. The number of rotatable bonds is 6. The Kier molecular flexibility index (Phi) is 6.58. The van der Waals surface area contributed by atoms with E-state index in [0.717, 1.165) is 44.0 Å². The standard InChI is InChI=1S/C18H22ClF2N3O2S2/c1-24(2)15-6-4-3-5-13(15)23-14-8-12(20)16(7-11(14)19)28(25,26)10-18-22-9-17(21)27-18/h7-9,13,15,23H,3-6,10H2,1-2H3/t13-,15-/m0/s1. The van der Waals surface area contributed by atoms with Crippen molar-refractivity contribution in [3.63, 3.8) is 0 Å². The van der Waals surface area contributed by atoms with Crippen molar-refractivity contribution >= 4 is 38.5 Å². The molecule has 0 radical (unpaired) electrons. The quantitative estimate of drug-likeness (QED) is 0.711. The van der Waals surface area contributed by atoms with Crippen molar-refractivity contribution in [3.05, 3.63) is 39.3 Å². The first-order valence-electron chi connectivity index (χ1n) is 8.92. The molecule has 1 aromatic carbocycles. The number of hydrogen-bond acceptors (Lipinski definition) is 6. The predicted molar refractivity (Wildman–Crippen MR) is 108 cm³/mol. The number of nitrogens with one attached hydrogen (secondary N) is 1. The van der Waals surface area contributed by atoms with Gasteiger partial charge in [0.2, 0.25) is 0 Å². The Morgan fingerprint density at radius 3 is 2.64 bits per heavy atom. The maximum absolute atomic E-state index is 14.7. The van der Waals surface area contributed by atoms with E-state index < -0.39 is 31.4 Å². The Morgan fingerprint density at radius 2 is 2.00 bits per heavy atom. The third kappa shape index (κ3) is 4.82. The highest BCUT2D eigenvalue weighted by atomic mass is 35.5. The number of nitrogens with zero attached hydrogens (tertiary/aromatic N) is 2. The minimum absolute atomic E-state index is 0.0613. The molecular formula is C18H22ClF2N3O2S2. The van der Waals surface area contributed by atoms with Gasteiger partial charge in [-0.1, -0.05) is 35.8 Å². The van der Waals surface area contributed by atoms with Crippen molar-refractivity contribution < 1.29 is 17.2 Å². The zero-order valence-electron chi connectivity index (χ0n) is 15.6. The Morgan fingerprint density at radius 1 is 1.29 bits per heavy atom. The van der Waals surface area contributed by atoms with E-state index in [4.69, 9.17) is 11.6 Å². The van der Waals surface area contributed by atoms with E-state index in [1.165, 1.54) is 0 Å². The van der Waals surface area contributed by atoms with Gasteiger partial charge in [0.15, 0.2) is 15.0 Å². The molecule has 2 atom stereocenters. The molecule has 154 valence electrons. The van der Waals surface area contributed by atoms with Gasteiger partial charge in [-0.25, -0.2) is 17.8 Å². The molecule has 0 spiro atoms. The van der Waals surface area contributed by atoms with Crippen LogP contribution in [0, 0.1) is 10.9 Å². The maximum atomic E-state index is 14.7. The van der Waals surface area contributed by atoms with Crippen LogP contribution in [0.25, 0.3) is 0 Å². The molecule has 1 saturated carbocycles. The molecule has 1 aromatic heterocycles. The van der Waals surface area contributed by atoms with Crippen LogP contribution in [0.3, 0.4) is 0 Å². The van der Waals surface area contributed by atoms with Gasteiger partial charge in [0.1, 0.15) is 21.5 Å². The highest BCUT2D eigenvalue weighted by molar-refractivity contribution is 7.90. The SMILES string of the molecule is CN(C)[C@H]1CCCC[C@@H]1Nc1cc(F)c(S(=O)(=O)Cc2ncc(F)s2)cc1Cl. The van der Waals surface area contributed by atoms with Gasteiger partial charge in [0, 0.05) is 12.1 Å². The first-order chi connectivity index (χ1) is 13.2. The molecule has 0 aliphatic heterocycles. The van der Waals surface area contributed by atoms with Gasteiger partial charge < -0.3 is 10.2 Å². The Labute approximate surface area is 172 Å². The lowest BCUT2D eigenvalue weighted by Gasteiger charge is -2.37. The van der Waals surface area contributed by atoms with E-state index in [-0.39, 0.29) is 22.1 Å². The van der Waals surface area contributed by atoms with E-state index in [0.29, 0.717) is 17.0 Å². The number of halogens is 3. The topological polar surface area (TPSA) is 62.3 Å². The predicted octanol–water partition coefficient (Wildman–Crippen LogP) is 4.33.